The normalized spacial score (nSPS) is 11.8. The molecule has 0 saturated carbocycles. The number of nitrogens with one attached hydrogen (secondary N) is 1. The van der Waals surface area contributed by atoms with Crippen molar-refractivity contribution >= 4 is 33.3 Å². The molecule has 0 amide bonds. The number of rotatable bonds is 2. The van der Waals surface area contributed by atoms with Crippen LogP contribution in [0.2, 0.25) is 0 Å². The molecule has 2 heterocycles. The first-order chi connectivity index (χ1) is 12.0. The highest BCUT2D eigenvalue weighted by atomic mass is 16.3. The van der Waals surface area contributed by atoms with Crippen LogP contribution in [-0.4, -0.2) is 15.1 Å². The average Bonchev–Trinajstić information content (AvgIpc) is 2.93. The number of azo groups is 1. The number of aryl methyl sites for hydroxylation is 3. The summed E-state index contributed by atoms with van der Waals surface area (Å²) in [5.41, 5.74) is 5.54. The Morgan fingerprint density at radius 3 is 2.56 bits per heavy atom. The van der Waals surface area contributed by atoms with E-state index in [-0.39, 0.29) is 5.88 Å². The van der Waals surface area contributed by atoms with E-state index in [1.165, 1.54) is 0 Å². The minimum absolute atomic E-state index is 0.0185. The lowest BCUT2D eigenvalue weighted by atomic mass is 10.1. The van der Waals surface area contributed by atoms with Gasteiger partial charge in [-0.3, -0.25) is 0 Å². The molecule has 0 radical (unpaired) electrons. The maximum absolute atomic E-state index is 10.2. The summed E-state index contributed by atoms with van der Waals surface area (Å²) in [5, 5.41) is 20.7. The lowest BCUT2D eigenvalue weighted by Crippen LogP contribution is -1.83. The molecule has 0 saturated heterocycles. The second-order valence-corrected chi connectivity index (χ2v) is 6.27. The van der Waals surface area contributed by atoms with Gasteiger partial charge in [0.2, 0.25) is 5.88 Å². The van der Waals surface area contributed by atoms with Gasteiger partial charge in [0.1, 0.15) is 0 Å². The highest BCUT2D eigenvalue weighted by molar-refractivity contribution is 5.96. The molecule has 124 valence electrons. The Morgan fingerprint density at radius 1 is 0.920 bits per heavy atom. The molecule has 0 aliphatic carbocycles. The number of hydrogen-bond donors (Lipinski definition) is 2. The van der Waals surface area contributed by atoms with Crippen molar-refractivity contribution in [2.75, 3.05) is 0 Å². The number of aromatic amines is 1. The van der Waals surface area contributed by atoms with Crippen molar-refractivity contribution in [3.05, 3.63) is 59.2 Å². The van der Waals surface area contributed by atoms with Crippen molar-refractivity contribution in [1.82, 2.24) is 9.97 Å². The number of H-pyrrole nitrogens is 1. The summed E-state index contributed by atoms with van der Waals surface area (Å²) in [6.45, 7) is 6.08. The lowest BCUT2D eigenvalue weighted by molar-refractivity contribution is 0.459. The van der Waals surface area contributed by atoms with E-state index >= 15 is 0 Å². The third kappa shape index (κ3) is 2.54. The second kappa shape index (κ2) is 5.70. The first-order valence-corrected chi connectivity index (χ1v) is 8.13. The molecule has 0 spiro atoms. The molecule has 2 N–H and O–H groups in total. The van der Waals surface area contributed by atoms with Gasteiger partial charge in [-0.05, 0) is 49.6 Å². The summed E-state index contributed by atoms with van der Waals surface area (Å²) >= 11 is 0. The molecule has 2 aromatic heterocycles. The maximum atomic E-state index is 10.2. The van der Waals surface area contributed by atoms with Gasteiger partial charge in [-0.1, -0.05) is 30.3 Å². The van der Waals surface area contributed by atoms with Crippen molar-refractivity contribution in [2.24, 2.45) is 10.2 Å². The van der Waals surface area contributed by atoms with E-state index in [0.717, 1.165) is 38.5 Å². The van der Waals surface area contributed by atoms with E-state index in [4.69, 9.17) is 0 Å². The van der Waals surface area contributed by atoms with E-state index in [9.17, 15) is 5.11 Å². The van der Waals surface area contributed by atoms with Crippen LogP contribution >= 0.6 is 0 Å². The third-order valence-corrected chi connectivity index (χ3v) is 4.62. The average molecular weight is 330 g/mol. The van der Waals surface area contributed by atoms with Crippen LogP contribution in [0, 0.1) is 20.8 Å². The number of pyridine rings is 1. The van der Waals surface area contributed by atoms with Gasteiger partial charge in [0.15, 0.2) is 11.5 Å². The third-order valence-electron chi connectivity index (χ3n) is 4.62. The fraction of sp³-hybridized carbons (Fsp3) is 0.150. The first-order valence-electron chi connectivity index (χ1n) is 8.13. The highest BCUT2D eigenvalue weighted by Crippen LogP contribution is 2.38. The quantitative estimate of drug-likeness (QED) is 0.458. The van der Waals surface area contributed by atoms with Gasteiger partial charge in [0.05, 0.1) is 11.0 Å². The minimum atomic E-state index is 0.0185. The van der Waals surface area contributed by atoms with Crippen molar-refractivity contribution in [3.63, 3.8) is 0 Å². The Balaban J connectivity index is 1.81. The fourth-order valence-electron chi connectivity index (χ4n) is 3.06. The Morgan fingerprint density at radius 2 is 1.72 bits per heavy atom. The molecule has 4 aromatic rings. The number of para-hydroxylation sites is 1. The van der Waals surface area contributed by atoms with Gasteiger partial charge in [-0.25, -0.2) is 4.98 Å². The van der Waals surface area contributed by atoms with Crippen molar-refractivity contribution in [1.29, 1.82) is 0 Å². The molecule has 0 bridgehead atoms. The monoisotopic (exact) mass is 330 g/mol. The smallest absolute Gasteiger partial charge is 0.218 e. The Labute approximate surface area is 145 Å². The number of aromatic hydroxyl groups is 1. The zero-order valence-corrected chi connectivity index (χ0v) is 14.3. The van der Waals surface area contributed by atoms with Gasteiger partial charge in [0.25, 0.3) is 0 Å². The largest absolute Gasteiger partial charge is 0.493 e. The molecule has 5 nitrogen and oxygen atoms in total. The van der Waals surface area contributed by atoms with Crippen LogP contribution in [-0.2, 0) is 0 Å². The number of nitrogens with zero attached hydrogens (tertiary/aromatic N) is 3. The zero-order valence-electron chi connectivity index (χ0n) is 14.3. The van der Waals surface area contributed by atoms with E-state index in [2.05, 4.69) is 20.2 Å². The SMILES string of the molecule is Cc1ccc2c(N=Nc3cc(C)c4ccccc4n3)c(O)[nH]c2c1C. The summed E-state index contributed by atoms with van der Waals surface area (Å²) in [4.78, 5) is 7.52. The van der Waals surface area contributed by atoms with Crippen LogP contribution in [0.4, 0.5) is 11.5 Å². The summed E-state index contributed by atoms with van der Waals surface area (Å²) in [5.74, 6) is 0.541. The molecule has 25 heavy (non-hydrogen) atoms. The molecule has 0 aliphatic heterocycles. The maximum Gasteiger partial charge on any atom is 0.218 e. The van der Waals surface area contributed by atoms with Gasteiger partial charge in [0, 0.05) is 10.8 Å². The van der Waals surface area contributed by atoms with Crippen LogP contribution in [0.15, 0.2) is 52.7 Å². The second-order valence-electron chi connectivity index (χ2n) is 6.27. The Kier molecular flexibility index (Phi) is 3.50. The number of hydrogen-bond acceptors (Lipinski definition) is 4. The van der Waals surface area contributed by atoms with E-state index in [1.54, 1.807) is 0 Å². The number of benzene rings is 2. The van der Waals surface area contributed by atoms with Gasteiger partial charge >= 0.3 is 0 Å². The van der Waals surface area contributed by atoms with Crippen molar-refractivity contribution < 1.29 is 5.11 Å². The minimum Gasteiger partial charge on any atom is -0.493 e. The summed E-state index contributed by atoms with van der Waals surface area (Å²) < 4.78 is 0. The van der Waals surface area contributed by atoms with E-state index in [0.29, 0.717) is 11.5 Å². The van der Waals surface area contributed by atoms with Gasteiger partial charge in [-0.2, -0.15) is 0 Å². The molecule has 0 atom stereocenters. The molecule has 5 heteroatoms. The zero-order chi connectivity index (χ0) is 17.6. The molecule has 0 aliphatic rings. The summed E-state index contributed by atoms with van der Waals surface area (Å²) in [7, 11) is 0. The van der Waals surface area contributed by atoms with Crippen LogP contribution in [0.5, 0.6) is 5.88 Å². The van der Waals surface area contributed by atoms with Crippen LogP contribution in [0.25, 0.3) is 21.8 Å². The molecule has 0 unspecified atom stereocenters. The van der Waals surface area contributed by atoms with Crippen LogP contribution in [0.1, 0.15) is 16.7 Å². The van der Waals surface area contributed by atoms with Crippen LogP contribution < -0.4 is 0 Å². The standard InChI is InChI=1S/C20H18N4O/c1-11-8-9-15-18(13(11)3)22-20(25)19(15)24-23-17-10-12(2)14-6-4-5-7-16(14)21-17/h4-10,22,25H,1-3H3. The predicted molar refractivity (Wildman–Crippen MR) is 100 cm³/mol. The van der Waals surface area contributed by atoms with Crippen LogP contribution in [0.3, 0.4) is 0 Å². The number of fused-ring (bicyclic) bond motifs is 2. The topological polar surface area (TPSA) is 73.6 Å². The summed E-state index contributed by atoms with van der Waals surface area (Å²) in [6.07, 6.45) is 0. The molecular formula is C20H18N4O. The van der Waals surface area contributed by atoms with Crippen molar-refractivity contribution in [3.8, 4) is 5.88 Å². The Bertz CT molecular complexity index is 1140. The van der Waals surface area contributed by atoms with E-state index in [1.807, 2.05) is 63.2 Å². The van der Waals surface area contributed by atoms with E-state index < -0.39 is 0 Å². The number of aromatic nitrogens is 2. The summed E-state index contributed by atoms with van der Waals surface area (Å²) in [6, 6.07) is 13.8. The van der Waals surface area contributed by atoms with Gasteiger partial charge in [-0.15, -0.1) is 10.2 Å². The fourth-order valence-corrected chi connectivity index (χ4v) is 3.06. The molecule has 4 rings (SSSR count). The van der Waals surface area contributed by atoms with Gasteiger partial charge < -0.3 is 10.1 Å². The Hall–Kier alpha value is -3.21. The molecular weight excluding hydrogens is 312 g/mol. The predicted octanol–water partition coefficient (Wildman–Crippen LogP) is 5.76. The first kappa shape index (κ1) is 15.3. The lowest BCUT2D eigenvalue weighted by Gasteiger charge is -2.02. The van der Waals surface area contributed by atoms with Crippen molar-refractivity contribution in [2.45, 2.75) is 20.8 Å². The molecule has 0 fully saturated rings. The highest BCUT2D eigenvalue weighted by Gasteiger charge is 2.13. The molecule has 2 aromatic carbocycles.